The van der Waals surface area contributed by atoms with Crippen LogP contribution in [0.5, 0.6) is 0 Å². The Balaban J connectivity index is 1.53. The molecule has 0 atom stereocenters. The van der Waals surface area contributed by atoms with Gasteiger partial charge in [-0.15, -0.1) is 0 Å². The van der Waals surface area contributed by atoms with E-state index in [-0.39, 0.29) is 0 Å². The Morgan fingerprint density at radius 1 is 1.17 bits per heavy atom. The van der Waals surface area contributed by atoms with Crippen LogP contribution >= 0.6 is 27.7 Å². The first-order valence-electron chi connectivity index (χ1n) is 6.77. The van der Waals surface area contributed by atoms with Gasteiger partial charge in [0.15, 0.2) is 11.4 Å². The smallest absolute Gasteiger partial charge is 0.205 e. The highest BCUT2D eigenvalue weighted by atomic mass is 79.9. The number of aromatic amines is 1. The average Bonchev–Trinajstić information content (AvgIpc) is 3.22. The molecule has 0 saturated carbocycles. The Morgan fingerprint density at radius 3 is 3.04 bits per heavy atom. The highest BCUT2D eigenvalue weighted by Crippen LogP contribution is 2.28. The van der Waals surface area contributed by atoms with Gasteiger partial charge >= 0.3 is 0 Å². The molecule has 8 heteroatoms. The van der Waals surface area contributed by atoms with Gasteiger partial charge in [0.2, 0.25) is 5.89 Å². The molecule has 3 heterocycles. The Kier molecular flexibility index (Phi) is 3.84. The second-order valence-corrected chi connectivity index (χ2v) is 6.58. The maximum Gasteiger partial charge on any atom is 0.205 e. The molecule has 6 nitrogen and oxygen atoms in total. The summed E-state index contributed by atoms with van der Waals surface area (Å²) in [5, 5.41) is 0.828. The number of nitrogens with zero attached hydrogens (tertiary/aromatic N) is 4. The van der Waals surface area contributed by atoms with Crippen molar-refractivity contribution in [3.05, 3.63) is 53.5 Å². The first-order chi connectivity index (χ1) is 11.3. The van der Waals surface area contributed by atoms with Crippen LogP contribution in [0.2, 0.25) is 0 Å². The molecule has 1 aromatic carbocycles. The molecule has 0 amide bonds. The van der Waals surface area contributed by atoms with Crippen LogP contribution in [0, 0.1) is 0 Å². The van der Waals surface area contributed by atoms with Gasteiger partial charge in [0.25, 0.3) is 0 Å². The second kappa shape index (κ2) is 6.13. The summed E-state index contributed by atoms with van der Waals surface area (Å²) in [4.78, 5) is 19.9. The fraction of sp³-hybridized carbons (Fsp3) is 0.0667. The molecule has 0 radical (unpaired) electrons. The zero-order valence-corrected chi connectivity index (χ0v) is 14.1. The summed E-state index contributed by atoms with van der Waals surface area (Å²) >= 11 is 4.99. The van der Waals surface area contributed by atoms with E-state index in [2.05, 4.69) is 40.8 Å². The molecular weight excluding hydrogens is 378 g/mol. The number of thioether (sulfide) groups is 1. The van der Waals surface area contributed by atoms with E-state index in [0.29, 0.717) is 17.3 Å². The molecule has 4 aromatic rings. The molecule has 0 aliphatic carbocycles. The largest absolute Gasteiger partial charge is 0.440 e. The third-order valence-corrected chi connectivity index (χ3v) is 4.65. The van der Waals surface area contributed by atoms with Crippen molar-refractivity contribution in [2.24, 2.45) is 0 Å². The minimum atomic E-state index is 0.582. The number of benzene rings is 1. The van der Waals surface area contributed by atoms with Gasteiger partial charge in [-0.25, -0.2) is 19.9 Å². The monoisotopic (exact) mass is 387 g/mol. The Morgan fingerprint density at radius 2 is 2.13 bits per heavy atom. The molecule has 1 N–H and O–H groups in total. The summed E-state index contributed by atoms with van der Waals surface area (Å²) < 4.78 is 6.82. The van der Waals surface area contributed by atoms with Crippen LogP contribution in [0.4, 0.5) is 0 Å². The topological polar surface area (TPSA) is 80.5 Å². The van der Waals surface area contributed by atoms with E-state index in [4.69, 9.17) is 4.42 Å². The minimum absolute atomic E-state index is 0.582. The number of fused-ring (bicyclic) bond motifs is 1. The van der Waals surface area contributed by atoms with E-state index in [1.807, 2.05) is 24.3 Å². The first-order valence-corrected chi connectivity index (χ1v) is 8.55. The summed E-state index contributed by atoms with van der Waals surface area (Å²) in [6.07, 6.45) is 4.86. The third-order valence-electron chi connectivity index (χ3n) is 3.18. The SMILES string of the molecule is Brc1cccc(-c2cnc(CSc3ncnc4nc[nH]c34)o2)c1. The van der Waals surface area contributed by atoms with Crippen molar-refractivity contribution >= 4 is 38.9 Å². The van der Waals surface area contributed by atoms with E-state index in [1.165, 1.54) is 18.1 Å². The van der Waals surface area contributed by atoms with E-state index in [1.54, 1.807) is 12.5 Å². The summed E-state index contributed by atoms with van der Waals surface area (Å²) in [6.45, 7) is 0. The second-order valence-electron chi connectivity index (χ2n) is 4.70. The molecule has 0 aliphatic heterocycles. The molecule has 0 unspecified atom stereocenters. The zero-order valence-electron chi connectivity index (χ0n) is 11.7. The lowest BCUT2D eigenvalue weighted by molar-refractivity contribution is 0.530. The van der Waals surface area contributed by atoms with Crippen LogP contribution in [0.15, 0.2) is 57.0 Å². The average molecular weight is 388 g/mol. The predicted octanol–water partition coefficient (Wildman–Crippen LogP) is 4.06. The van der Waals surface area contributed by atoms with Gasteiger partial charge in [-0.3, -0.25) is 0 Å². The van der Waals surface area contributed by atoms with Crippen molar-refractivity contribution in [3.8, 4) is 11.3 Å². The third kappa shape index (κ3) is 2.99. The molecule has 0 saturated heterocycles. The number of hydrogen-bond donors (Lipinski definition) is 1. The lowest BCUT2D eigenvalue weighted by atomic mass is 10.2. The van der Waals surface area contributed by atoms with Crippen molar-refractivity contribution in [2.45, 2.75) is 10.8 Å². The molecule has 114 valence electrons. The van der Waals surface area contributed by atoms with E-state index in [9.17, 15) is 0 Å². The number of oxazole rings is 1. The van der Waals surface area contributed by atoms with Gasteiger partial charge in [-0.1, -0.05) is 39.8 Å². The fourth-order valence-corrected chi connectivity index (χ4v) is 3.34. The highest BCUT2D eigenvalue weighted by Gasteiger charge is 2.10. The number of H-pyrrole nitrogens is 1. The summed E-state index contributed by atoms with van der Waals surface area (Å²) in [5.41, 5.74) is 2.47. The van der Waals surface area contributed by atoms with Gasteiger partial charge in [0.1, 0.15) is 16.9 Å². The van der Waals surface area contributed by atoms with Crippen molar-refractivity contribution in [2.75, 3.05) is 0 Å². The van der Waals surface area contributed by atoms with E-state index >= 15 is 0 Å². The van der Waals surface area contributed by atoms with Gasteiger partial charge in [-0.05, 0) is 12.1 Å². The normalized spacial score (nSPS) is 11.2. The van der Waals surface area contributed by atoms with Gasteiger partial charge in [0.05, 0.1) is 18.3 Å². The van der Waals surface area contributed by atoms with Gasteiger partial charge in [0, 0.05) is 10.0 Å². The number of imidazole rings is 1. The predicted molar refractivity (Wildman–Crippen MR) is 90.9 cm³/mol. The summed E-state index contributed by atoms with van der Waals surface area (Å²) in [7, 11) is 0. The Bertz CT molecular complexity index is 967. The fourth-order valence-electron chi connectivity index (χ4n) is 2.13. The molecular formula is C15H10BrN5OS. The van der Waals surface area contributed by atoms with Gasteiger partial charge < -0.3 is 9.40 Å². The minimum Gasteiger partial charge on any atom is -0.440 e. The Labute approximate surface area is 143 Å². The molecule has 4 rings (SSSR count). The Hall–Kier alpha value is -2.19. The maximum atomic E-state index is 5.82. The molecule has 0 spiro atoms. The quantitative estimate of drug-likeness (QED) is 0.420. The lowest BCUT2D eigenvalue weighted by Gasteiger charge is -1.99. The summed E-state index contributed by atoms with van der Waals surface area (Å²) in [6, 6.07) is 7.92. The lowest BCUT2D eigenvalue weighted by Crippen LogP contribution is -1.87. The number of hydrogen-bond acceptors (Lipinski definition) is 6. The van der Waals surface area contributed by atoms with Crippen molar-refractivity contribution in [1.29, 1.82) is 0 Å². The number of halogens is 1. The van der Waals surface area contributed by atoms with E-state index in [0.717, 1.165) is 26.3 Å². The van der Waals surface area contributed by atoms with Gasteiger partial charge in [-0.2, -0.15) is 0 Å². The number of rotatable bonds is 4. The van der Waals surface area contributed by atoms with Crippen LogP contribution < -0.4 is 0 Å². The van der Waals surface area contributed by atoms with Crippen LogP contribution in [0.25, 0.3) is 22.5 Å². The standard InChI is InChI=1S/C15H10BrN5OS/c16-10-3-1-2-9(4-10)11-5-17-12(22-11)6-23-15-13-14(19-7-18-13)20-8-21-15/h1-5,7-8H,6H2,(H,18,19,20,21). The molecule has 0 aliphatic rings. The van der Waals surface area contributed by atoms with Crippen LogP contribution in [0.1, 0.15) is 5.89 Å². The van der Waals surface area contributed by atoms with E-state index < -0.39 is 0 Å². The number of aromatic nitrogens is 5. The van der Waals surface area contributed by atoms with Crippen LogP contribution in [0.3, 0.4) is 0 Å². The zero-order chi connectivity index (χ0) is 15.6. The molecule has 23 heavy (non-hydrogen) atoms. The van der Waals surface area contributed by atoms with Crippen LogP contribution in [-0.4, -0.2) is 24.9 Å². The maximum absolute atomic E-state index is 5.82. The highest BCUT2D eigenvalue weighted by molar-refractivity contribution is 9.10. The van der Waals surface area contributed by atoms with Crippen molar-refractivity contribution in [1.82, 2.24) is 24.9 Å². The number of nitrogens with one attached hydrogen (secondary N) is 1. The summed E-state index contributed by atoms with van der Waals surface area (Å²) in [5.74, 6) is 1.98. The van der Waals surface area contributed by atoms with Crippen LogP contribution in [-0.2, 0) is 5.75 Å². The molecule has 3 aromatic heterocycles. The first kappa shape index (κ1) is 14.4. The molecule has 0 bridgehead atoms. The molecule has 0 fully saturated rings. The van der Waals surface area contributed by atoms with Crippen molar-refractivity contribution in [3.63, 3.8) is 0 Å². The van der Waals surface area contributed by atoms with Crippen molar-refractivity contribution < 1.29 is 4.42 Å².